The highest BCUT2D eigenvalue weighted by atomic mass is 32.2. The molecule has 36 heavy (non-hydrogen) atoms. The molecule has 2 bridgehead atoms. The third kappa shape index (κ3) is 4.02. The third-order valence-corrected chi connectivity index (χ3v) is 10.6. The number of fused-ring (bicyclic) bond motifs is 1. The van der Waals surface area contributed by atoms with Gasteiger partial charge in [-0.25, -0.2) is 0 Å². The zero-order valence-electron chi connectivity index (χ0n) is 20.9. The lowest BCUT2D eigenvalue weighted by atomic mass is 9.66. The number of benzene rings is 1. The second-order valence-electron chi connectivity index (χ2n) is 10.3. The maximum Gasteiger partial charge on any atom is 0.244 e. The average molecular weight is 517 g/mol. The maximum absolute atomic E-state index is 14.2. The van der Waals surface area contributed by atoms with Gasteiger partial charge < -0.3 is 25.4 Å². The summed E-state index contributed by atoms with van der Waals surface area (Å²) in [4.78, 5) is 45.0. The van der Waals surface area contributed by atoms with Crippen LogP contribution in [-0.4, -0.2) is 102 Å². The molecule has 4 aliphatic heterocycles. The van der Waals surface area contributed by atoms with Crippen molar-refractivity contribution in [3.8, 4) is 0 Å². The lowest BCUT2D eigenvalue weighted by molar-refractivity contribution is -0.142. The monoisotopic (exact) mass is 516 g/mol. The molecule has 0 aliphatic carbocycles. The summed E-state index contributed by atoms with van der Waals surface area (Å²) in [6, 6.07) is 7.93. The van der Waals surface area contributed by atoms with Crippen molar-refractivity contribution >= 4 is 29.5 Å². The molecule has 4 fully saturated rings. The van der Waals surface area contributed by atoms with Gasteiger partial charge in [-0.2, -0.15) is 0 Å². The fourth-order valence-corrected chi connectivity index (χ4v) is 9.26. The zero-order valence-corrected chi connectivity index (χ0v) is 21.7. The van der Waals surface area contributed by atoms with Crippen LogP contribution in [0.15, 0.2) is 30.3 Å². The number of amides is 3. The Morgan fingerprint density at radius 2 is 1.94 bits per heavy atom. The molecule has 3 unspecified atom stereocenters. The van der Waals surface area contributed by atoms with E-state index in [-0.39, 0.29) is 35.5 Å². The minimum Gasteiger partial charge on any atom is -0.394 e. The minimum atomic E-state index is -0.767. The average Bonchev–Trinajstić information content (AvgIpc) is 3.49. The van der Waals surface area contributed by atoms with Crippen LogP contribution in [0.1, 0.15) is 24.9 Å². The van der Waals surface area contributed by atoms with Crippen LogP contribution in [0.3, 0.4) is 0 Å². The first kappa shape index (κ1) is 25.5. The van der Waals surface area contributed by atoms with E-state index < -0.39 is 28.7 Å². The van der Waals surface area contributed by atoms with Crippen molar-refractivity contribution in [1.82, 2.24) is 20.4 Å². The fourth-order valence-electron chi connectivity index (χ4n) is 6.85. The molecule has 4 heterocycles. The van der Waals surface area contributed by atoms with Crippen LogP contribution >= 0.6 is 11.8 Å². The first-order chi connectivity index (χ1) is 17.4. The Hall–Kier alpha value is -2.14. The Balaban J connectivity index is 1.48. The van der Waals surface area contributed by atoms with Crippen molar-refractivity contribution < 1.29 is 24.2 Å². The van der Waals surface area contributed by atoms with E-state index in [2.05, 4.69) is 22.5 Å². The second-order valence-corrected chi connectivity index (χ2v) is 11.8. The normalized spacial score (nSPS) is 34.5. The zero-order chi connectivity index (χ0) is 25.4. The summed E-state index contributed by atoms with van der Waals surface area (Å²) >= 11 is 1.65. The molecule has 4 aliphatic rings. The number of rotatable bonds is 8. The van der Waals surface area contributed by atoms with Crippen LogP contribution in [0.2, 0.25) is 0 Å². The summed E-state index contributed by atoms with van der Waals surface area (Å²) in [6.45, 7) is 6.02. The Morgan fingerprint density at radius 3 is 2.61 bits per heavy atom. The number of thioether (sulfide) groups is 1. The molecule has 4 saturated heterocycles. The summed E-state index contributed by atoms with van der Waals surface area (Å²) < 4.78 is 4.71. The lowest BCUT2D eigenvalue weighted by Crippen LogP contribution is -2.57. The lowest BCUT2D eigenvalue weighted by Gasteiger charge is -2.40. The highest BCUT2D eigenvalue weighted by Gasteiger charge is 2.76. The molecule has 1 aromatic carbocycles. The van der Waals surface area contributed by atoms with Crippen molar-refractivity contribution in [3.05, 3.63) is 35.9 Å². The summed E-state index contributed by atoms with van der Waals surface area (Å²) in [7, 11) is 1.60. The number of nitrogens with zero attached hydrogens (tertiary/aromatic N) is 2. The number of hydrogen-bond acceptors (Lipinski definition) is 7. The van der Waals surface area contributed by atoms with Gasteiger partial charge in [0.2, 0.25) is 17.7 Å². The number of carbonyl (C=O) groups excluding carboxylic acids is 3. The Labute approximate surface area is 216 Å². The standard InChI is InChI=1S/C26H36N4O5S/c1-16-14-19-20(23(32)27-2)21-25(34)30(18(15-31)17-6-4-3-5-7-17)22(26(16,21)36-19)24(33)28-8-9-29-10-12-35-13-11-29/h3-7,16,18-22,31H,8-15H2,1-2H3,(H,27,32)(H,28,33)/t16?,18-,19+,20-,21+,22?,26?/m1/s1. The van der Waals surface area contributed by atoms with Gasteiger partial charge in [-0.3, -0.25) is 19.3 Å². The number of hydrogen-bond donors (Lipinski definition) is 3. The summed E-state index contributed by atoms with van der Waals surface area (Å²) in [6.07, 6.45) is 0.785. The van der Waals surface area contributed by atoms with Crippen molar-refractivity contribution in [2.45, 2.75) is 35.4 Å². The minimum absolute atomic E-state index is 0.00371. The topological polar surface area (TPSA) is 111 Å². The molecular formula is C26H36N4O5S. The fraction of sp³-hybridized carbons (Fsp3) is 0.654. The van der Waals surface area contributed by atoms with E-state index in [9.17, 15) is 19.5 Å². The van der Waals surface area contributed by atoms with E-state index in [0.29, 0.717) is 26.3 Å². The molecule has 5 rings (SSSR count). The molecule has 7 atom stereocenters. The van der Waals surface area contributed by atoms with Crippen LogP contribution in [-0.2, 0) is 19.1 Å². The van der Waals surface area contributed by atoms with E-state index in [1.165, 1.54) is 0 Å². The van der Waals surface area contributed by atoms with Crippen molar-refractivity contribution in [2.75, 3.05) is 53.0 Å². The molecule has 3 amide bonds. The van der Waals surface area contributed by atoms with Gasteiger partial charge in [-0.15, -0.1) is 11.8 Å². The van der Waals surface area contributed by atoms with E-state index in [4.69, 9.17) is 4.74 Å². The molecule has 0 saturated carbocycles. The second kappa shape index (κ2) is 10.3. The predicted octanol–water partition coefficient (Wildman–Crippen LogP) is 0.252. The van der Waals surface area contributed by atoms with E-state index in [1.807, 2.05) is 30.3 Å². The molecule has 1 spiro atoms. The van der Waals surface area contributed by atoms with Crippen LogP contribution in [0.5, 0.6) is 0 Å². The van der Waals surface area contributed by atoms with E-state index in [0.717, 1.165) is 25.1 Å². The van der Waals surface area contributed by atoms with Crippen LogP contribution in [0.25, 0.3) is 0 Å². The number of aliphatic hydroxyl groups excluding tert-OH is 1. The smallest absolute Gasteiger partial charge is 0.244 e. The van der Waals surface area contributed by atoms with Gasteiger partial charge >= 0.3 is 0 Å². The number of likely N-dealkylation sites (tertiary alicyclic amines) is 1. The largest absolute Gasteiger partial charge is 0.394 e. The Morgan fingerprint density at radius 1 is 1.22 bits per heavy atom. The summed E-state index contributed by atoms with van der Waals surface area (Å²) in [5.74, 6) is -1.55. The van der Waals surface area contributed by atoms with E-state index in [1.54, 1.807) is 23.7 Å². The van der Waals surface area contributed by atoms with Gasteiger partial charge in [0.1, 0.15) is 6.04 Å². The maximum atomic E-state index is 14.2. The molecule has 0 radical (unpaired) electrons. The van der Waals surface area contributed by atoms with Crippen LogP contribution < -0.4 is 10.6 Å². The number of aliphatic hydroxyl groups is 1. The van der Waals surface area contributed by atoms with Gasteiger partial charge in [-0.1, -0.05) is 37.3 Å². The van der Waals surface area contributed by atoms with Crippen molar-refractivity contribution in [2.24, 2.45) is 17.8 Å². The first-order valence-electron chi connectivity index (χ1n) is 12.9. The Bertz CT molecular complexity index is 990. The number of carbonyl (C=O) groups is 3. The molecule has 9 nitrogen and oxygen atoms in total. The molecular weight excluding hydrogens is 480 g/mol. The number of ether oxygens (including phenoxy) is 1. The first-order valence-corrected chi connectivity index (χ1v) is 13.8. The number of morpholine rings is 1. The molecule has 196 valence electrons. The van der Waals surface area contributed by atoms with Gasteiger partial charge in [0.15, 0.2) is 0 Å². The van der Waals surface area contributed by atoms with E-state index >= 15 is 0 Å². The van der Waals surface area contributed by atoms with Crippen molar-refractivity contribution in [1.29, 1.82) is 0 Å². The SMILES string of the molecule is CNC(=O)[C@@H]1[C@@H]2CC(C)C3(S2)C(C(=O)NCCN2CCOCC2)N([C@H](CO)c2ccccc2)C(=O)[C@H]13. The summed E-state index contributed by atoms with van der Waals surface area (Å²) in [5, 5.41) is 16.4. The summed E-state index contributed by atoms with van der Waals surface area (Å²) in [5.41, 5.74) is 0.777. The van der Waals surface area contributed by atoms with Gasteiger partial charge in [0.05, 0.1) is 42.4 Å². The van der Waals surface area contributed by atoms with Gasteiger partial charge in [0.25, 0.3) is 0 Å². The van der Waals surface area contributed by atoms with Crippen molar-refractivity contribution in [3.63, 3.8) is 0 Å². The van der Waals surface area contributed by atoms with Gasteiger partial charge in [-0.05, 0) is 17.9 Å². The predicted molar refractivity (Wildman–Crippen MR) is 136 cm³/mol. The Kier molecular flexibility index (Phi) is 7.31. The highest BCUT2D eigenvalue weighted by molar-refractivity contribution is 8.02. The molecule has 3 N–H and O–H groups in total. The molecule has 10 heteroatoms. The number of nitrogens with one attached hydrogen (secondary N) is 2. The van der Waals surface area contributed by atoms with Crippen LogP contribution in [0, 0.1) is 17.8 Å². The molecule has 0 aromatic heterocycles. The molecule has 1 aromatic rings. The van der Waals surface area contributed by atoms with Crippen LogP contribution in [0.4, 0.5) is 0 Å². The highest BCUT2D eigenvalue weighted by Crippen LogP contribution is 2.69. The van der Waals surface area contributed by atoms with Gasteiger partial charge in [0, 0.05) is 38.5 Å². The quantitative estimate of drug-likeness (QED) is 0.454. The third-order valence-electron chi connectivity index (χ3n) is 8.50.